The van der Waals surface area contributed by atoms with Crippen molar-refractivity contribution in [2.45, 2.75) is 13.1 Å². The molecule has 0 aliphatic rings. The third-order valence-corrected chi connectivity index (χ3v) is 2.33. The van der Waals surface area contributed by atoms with E-state index in [1.807, 2.05) is 0 Å². The summed E-state index contributed by atoms with van der Waals surface area (Å²) in [4.78, 5) is 4.28. The van der Waals surface area contributed by atoms with E-state index in [0.717, 1.165) is 12.1 Å². The third kappa shape index (κ3) is 3.58. The van der Waals surface area contributed by atoms with Crippen LogP contribution in [0.3, 0.4) is 0 Å². The highest BCUT2D eigenvalue weighted by molar-refractivity contribution is 7.95. The Morgan fingerprint density at radius 1 is 1.31 bits per heavy atom. The van der Waals surface area contributed by atoms with Gasteiger partial charge < -0.3 is 4.72 Å². The van der Waals surface area contributed by atoms with Crippen molar-refractivity contribution in [1.82, 2.24) is 0 Å². The summed E-state index contributed by atoms with van der Waals surface area (Å²) in [5, 5.41) is 0. The predicted octanol–water partition coefficient (Wildman–Crippen LogP) is 3.57. The molecule has 0 saturated heterocycles. The average Bonchev–Trinajstić information content (AvgIpc) is 2.19. The summed E-state index contributed by atoms with van der Waals surface area (Å²) in [6, 6.07) is 3.43. The van der Waals surface area contributed by atoms with Crippen molar-refractivity contribution in [3.05, 3.63) is 29.3 Å². The van der Waals surface area contributed by atoms with Gasteiger partial charge in [0.05, 0.1) is 12.7 Å². The Balaban J connectivity index is 2.83. The number of aryl methyl sites for hydroxylation is 1. The molecule has 0 aliphatic carbocycles. The van der Waals surface area contributed by atoms with Crippen LogP contribution < -0.4 is 4.72 Å². The Hall–Kier alpha value is -0.920. The lowest BCUT2D eigenvalue weighted by atomic mass is 10.1. The van der Waals surface area contributed by atoms with E-state index in [0.29, 0.717) is 23.5 Å². The number of hydrogen-bond acceptors (Lipinski definition) is 4. The molecular formula is C9H10F3NO2S. The monoisotopic (exact) mass is 253 g/mol. The fraction of sp³-hybridized carbons (Fsp3) is 0.333. The van der Waals surface area contributed by atoms with Crippen LogP contribution in [0, 0.1) is 6.92 Å². The van der Waals surface area contributed by atoms with Gasteiger partial charge in [0, 0.05) is 5.69 Å². The highest BCUT2D eigenvalue weighted by Crippen LogP contribution is 2.32. The Kier molecular flexibility index (Phi) is 4.45. The van der Waals surface area contributed by atoms with Crippen molar-refractivity contribution in [3.8, 4) is 0 Å². The highest BCUT2D eigenvalue weighted by Gasteiger charge is 2.30. The zero-order valence-electron chi connectivity index (χ0n) is 8.59. The summed E-state index contributed by atoms with van der Waals surface area (Å²) < 4.78 is 44.2. The van der Waals surface area contributed by atoms with E-state index in [4.69, 9.17) is 0 Å². The molecule has 0 atom stereocenters. The molecule has 1 rings (SSSR count). The van der Waals surface area contributed by atoms with Gasteiger partial charge in [-0.1, -0.05) is 6.07 Å². The van der Waals surface area contributed by atoms with Gasteiger partial charge in [0.1, 0.15) is 12.2 Å². The minimum absolute atomic E-state index is 0.330. The van der Waals surface area contributed by atoms with Gasteiger partial charge in [0.25, 0.3) is 0 Å². The molecule has 0 aliphatic heterocycles. The smallest absolute Gasteiger partial charge is 0.304 e. The number of anilines is 1. The van der Waals surface area contributed by atoms with Crippen LogP contribution in [0.5, 0.6) is 0 Å². The van der Waals surface area contributed by atoms with Gasteiger partial charge in [0.2, 0.25) is 0 Å². The molecule has 0 spiro atoms. The molecule has 3 nitrogen and oxygen atoms in total. The first-order valence-electron chi connectivity index (χ1n) is 4.25. The lowest BCUT2D eigenvalue weighted by molar-refractivity contribution is -0.159. The second-order valence-electron chi connectivity index (χ2n) is 2.95. The van der Waals surface area contributed by atoms with Crippen molar-refractivity contribution >= 4 is 17.9 Å². The van der Waals surface area contributed by atoms with Gasteiger partial charge in [-0.2, -0.15) is 13.2 Å². The first-order chi connectivity index (χ1) is 7.45. The molecule has 0 fully saturated rings. The second kappa shape index (κ2) is 5.42. The fourth-order valence-corrected chi connectivity index (χ4v) is 1.42. The molecule has 7 heteroatoms. The summed E-state index contributed by atoms with van der Waals surface area (Å²) in [6.07, 6.45) is -4.35. The largest absolute Gasteiger partial charge is 0.416 e. The quantitative estimate of drug-likeness (QED) is 0.292. The Morgan fingerprint density at radius 2 is 2.00 bits per heavy atom. The maximum atomic E-state index is 12.4. The van der Waals surface area contributed by atoms with E-state index in [-0.39, 0.29) is 0 Å². The maximum absolute atomic E-state index is 12.4. The van der Waals surface area contributed by atoms with Crippen molar-refractivity contribution < 1.29 is 22.4 Å². The van der Waals surface area contributed by atoms with E-state index in [1.165, 1.54) is 13.2 Å². The third-order valence-electron chi connectivity index (χ3n) is 1.82. The molecule has 1 aromatic carbocycles. The van der Waals surface area contributed by atoms with Gasteiger partial charge in [-0.05, 0) is 24.6 Å². The molecule has 0 unspecified atom stereocenters. The fourth-order valence-electron chi connectivity index (χ4n) is 1.00. The lowest BCUT2D eigenvalue weighted by Gasteiger charge is -2.11. The number of rotatable bonds is 4. The molecule has 0 saturated carbocycles. The molecule has 16 heavy (non-hydrogen) atoms. The van der Waals surface area contributed by atoms with E-state index in [9.17, 15) is 13.2 Å². The Bertz CT molecular complexity index is 357. The van der Waals surface area contributed by atoms with Crippen LogP contribution in [-0.4, -0.2) is 7.11 Å². The number of halogens is 3. The molecule has 1 aromatic rings. The summed E-state index contributed by atoms with van der Waals surface area (Å²) in [6.45, 7) is 1.69. The van der Waals surface area contributed by atoms with Crippen LogP contribution in [0.4, 0.5) is 18.9 Å². The Morgan fingerprint density at radius 3 is 2.56 bits per heavy atom. The Labute approximate surface area is 95.2 Å². The molecule has 90 valence electrons. The van der Waals surface area contributed by atoms with Crippen LogP contribution >= 0.6 is 12.2 Å². The molecule has 0 heterocycles. The zero-order valence-corrected chi connectivity index (χ0v) is 9.41. The average molecular weight is 253 g/mol. The van der Waals surface area contributed by atoms with Crippen LogP contribution in [0.25, 0.3) is 0 Å². The standard InChI is InChI=1S/C9H10F3NO2S/c1-6-3-4-7(9(10,11)12)5-8(6)13-16-15-14-2/h3-5,13H,1-2H3. The molecule has 0 aromatic heterocycles. The van der Waals surface area contributed by atoms with Crippen molar-refractivity contribution in [1.29, 1.82) is 0 Å². The summed E-state index contributed by atoms with van der Waals surface area (Å²) in [5.74, 6) is 0. The molecule has 0 radical (unpaired) electrons. The highest BCUT2D eigenvalue weighted by atomic mass is 32.2. The minimum Gasteiger partial charge on any atom is -0.304 e. The summed E-state index contributed by atoms with van der Waals surface area (Å²) >= 11 is 0.700. The van der Waals surface area contributed by atoms with Gasteiger partial charge in [-0.3, -0.25) is 0 Å². The predicted molar refractivity (Wildman–Crippen MR) is 55.5 cm³/mol. The molecular weight excluding hydrogens is 243 g/mol. The van der Waals surface area contributed by atoms with Crippen LogP contribution in [-0.2, 0) is 15.4 Å². The van der Waals surface area contributed by atoms with Crippen LogP contribution in [0.2, 0.25) is 0 Å². The van der Waals surface area contributed by atoms with Crippen molar-refractivity contribution in [2.24, 2.45) is 0 Å². The van der Waals surface area contributed by atoms with E-state index in [1.54, 1.807) is 6.92 Å². The topological polar surface area (TPSA) is 30.5 Å². The van der Waals surface area contributed by atoms with Gasteiger partial charge in [0.15, 0.2) is 0 Å². The SMILES string of the molecule is COOSNc1cc(C(F)(F)F)ccc1C. The van der Waals surface area contributed by atoms with Gasteiger partial charge in [-0.15, -0.1) is 4.33 Å². The second-order valence-corrected chi connectivity index (χ2v) is 3.45. The molecule has 1 N–H and O–H groups in total. The van der Waals surface area contributed by atoms with Gasteiger partial charge >= 0.3 is 6.18 Å². The molecule has 0 bridgehead atoms. The first kappa shape index (κ1) is 13.1. The normalized spacial score (nSPS) is 11.6. The van der Waals surface area contributed by atoms with E-state index < -0.39 is 11.7 Å². The zero-order chi connectivity index (χ0) is 12.2. The minimum atomic E-state index is -4.35. The lowest BCUT2D eigenvalue weighted by Crippen LogP contribution is -2.05. The van der Waals surface area contributed by atoms with Gasteiger partial charge in [-0.25, -0.2) is 4.89 Å². The van der Waals surface area contributed by atoms with Crippen molar-refractivity contribution in [2.75, 3.05) is 11.8 Å². The van der Waals surface area contributed by atoms with Crippen LogP contribution in [0.1, 0.15) is 11.1 Å². The van der Waals surface area contributed by atoms with E-state index in [2.05, 4.69) is 13.9 Å². The maximum Gasteiger partial charge on any atom is 0.416 e. The van der Waals surface area contributed by atoms with E-state index >= 15 is 0 Å². The van der Waals surface area contributed by atoms with Crippen molar-refractivity contribution in [3.63, 3.8) is 0 Å². The molecule has 0 amide bonds. The number of alkyl halides is 3. The number of hydrogen-bond donors (Lipinski definition) is 1. The summed E-state index contributed by atoms with van der Waals surface area (Å²) in [7, 11) is 1.30. The first-order valence-corrected chi connectivity index (χ1v) is 4.99. The van der Waals surface area contributed by atoms with Crippen LogP contribution in [0.15, 0.2) is 18.2 Å². The number of nitrogens with one attached hydrogen (secondary N) is 1. The number of benzene rings is 1. The summed E-state index contributed by atoms with van der Waals surface area (Å²) in [5.41, 5.74) is 0.302.